The minimum atomic E-state index is -0.337. The van der Waals surface area contributed by atoms with Crippen molar-refractivity contribution in [3.05, 3.63) is 106 Å². The molecule has 0 saturated heterocycles. The Morgan fingerprint density at radius 2 is 1.08 bits per heavy atom. The lowest BCUT2D eigenvalue weighted by Crippen LogP contribution is -2.47. The normalized spacial score (nSPS) is 13.4. The summed E-state index contributed by atoms with van der Waals surface area (Å²) in [6, 6.07) is 24.0. The van der Waals surface area contributed by atoms with E-state index in [0.29, 0.717) is 11.1 Å². The van der Waals surface area contributed by atoms with Gasteiger partial charge in [-0.15, -0.1) is 0 Å². The number of benzene rings is 4. The fourth-order valence-electron chi connectivity index (χ4n) is 6.10. The zero-order valence-electron chi connectivity index (χ0n) is 22.6. The van der Waals surface area contributed by atoms with Crippen molar-refractivity contribution in [3.8, 4) is 22.3 Å². The lowest BCUT2D eigenvalue weighted by Gasteiger charge is -2.47. The lowest BCUT2D eigenvalue weighted by molar-refractivity contribution is 0.0592. The first-order valence-corrected chi connectivity index (χ1v) is 13.0. The summed E-state index contributed by atoms with van der Waals surface area (Å²) in [6.07, 6.45) is 0. The maximum absolute atomic E-state index is 12.2. The standard InChI is InChI=1S/C33H30N2O4/c1-20-11-13-26(22-7-5-9-24(15-22)32(36)38-3)28-17-35-19-34(30(20)28)18-29-27(14-12-21(2)31(29)35)23-8-6-10-25(16-23)33(37)39-4/h5-16H,17-19H2,1-4H3. The molecule has 2 bridgehead atoms. The third kappa shape index (κ3) is 4.13. The minimum absolute atomic E-state index is 0.337. The van der Waals surface area contributed by atoms with Crippen LogP contribution in [0.1, 0.15) is 43.0 Å². The number of aryl methyl sites for hydroxylation is 2. The van der Waals surface area contributed by atoms with E-state index >= 15 is 0 Å². The molecule has 6 nitrogen and oxygen atoms in total. The molecule has 0 aliphatic carbocycles. The second-order valence-corrected chi connectivity index (χ2v) is 10.2. The van der Waals surface area contributed by atoms with E-state index in [1.165, 1.54) is 47.8 Å². The van der Waals surface area contributed by atoms with E-state index in [2.05, 4.69) is 60.0 Å². The van der Waals surface area contributed by atoms with Crippen molar-refractivity contribution >= 4 is 23.3 Å². The Hall–Kier alpha value is -4.58. The van der Waals surface area contributed by atoms with E-state index < -0.39 is 0 Å². The van der Waals surface area contributed by atoms with Crippen molar-refractivity contribution in [2.24, 2.45) is 0 Å². The van der Waals surface area contributed by atoms with Crippen LogP contribution in [-0.4, -0.2) is 32.8 Å². The lowest BCUT2D eigenvalue weighted by atomic mass is 9.88. The quantitative estimate of drug-likeness (QED) is 0.287. The SMILES string of the molecule is COC(=O)c1cccc(-c2ccc(C)c3c2CN2CN3Cc3c(-c4cccc(C(=O)OC)c4)ccc(C)c32)c1. The second-order valence-electron chi connectivity index (χ2n) is 10.2. The summed E-state index contributed by atoms with van der Waals surface area (Å²) in [6.45, 7) is 6.64. The number of anilines is 2. The van der Waals surface area contributed by atoms with Crippen LogP contribution < -0.4 is 9.80 Å². The molecule has 6 rings (SSSR count). The second kappa shape index (κ2) is 9.62. The van der Waals surface area contributed by atoms with Crippen LogP contribution in [0.3, 0.4) is 0 Å². The van der Waals surface area contributed by atoms with Gasteiger partial charge < -0.3 is 19.3 Å². The van der Waals surface area contributed by atoms with E-state index in [4.69, 9.17) is 9.47 Å². The third-order valence-electron chi connectivity index (χ3n) is 7.83. The number of nitrogens with zero attached hydrogens (tertiary/aromatic N) is 2. The molecule has 0 amide bonds. The molecule has 4 aromatic rings. The Morgan fingerprint density at radius 1 is 0.641 bits per heavy atom. The molecule has 2 aliphatic heterocycles. The Balaban J connectivity index is 1.47. The van der Waals surface area contributed by atoms with Gasteiger partial charge in [-0.1, -0.05) is 48.5 Å². The molecule has 0 fully saturated rings. The molecule has 0 N–H and O–H groups in total. The van der Waals surface area contributed by atoms with Crippen LogP contribution in [0.4, 0.5) is 11.4 Å². The summed E-state index contributed by atoms with van der Waals surface area (Å²) in [4.78, 5) is 29.4. The largest absolute Gasteiger partial charge is 0.465 e. The van der Waals surface area contributed by atoms with E-state index in [-0.39, 0.29) is 11.9 Å². The number of carbonyl (C=O) groups excluding carboxylic acids is 2. The number of fused-ring (bicyclic) bond motifs is 6. The zero-order chi connectivity index (χ0) is 27.3. The van der Waals surface area contributed by atoms with Crippen molar-refractivity contribution in [2.75, 3.05) is 30.7 Å². The summed E-state index contributed by atoms with van der Waals surface area (Å²) >= 11 is 0. The molecule has 6 heteroatoms. The van der Waals surface area contributed by atoms with Gasteiger partial charge in [0.1, 0.15) is 0 Å². The highest BCUT2D eigenvalue weighted by atomic mass is 16.5. The molecule has 4 aromatic carbocycles. The number of methoxy groups -OCH3 is 2. The molecular formula is C33H30N2O4. The van der Waals surface area contributed by atoms with Gasteiger partial charge in [0, 0.05) is 35.6 Å². The number of hydrogen-bond acceptors (Lipinski definition) is 6. The van der Waals surface area contributed by atoms with E-state index in [1.807, 2.05) is 24.3 Å². The van der Waals surface area contributed by atoms with E-state index in [9.17, 15) is 9.59 Å². The molecule has 2 heterocycles. The third-order valence-corrected chi connectivity index (χ3v) is 7.83. The average molecular weight is 519 g/mol. The summed E-state index contributed by atoms with van der Waals surface area (Å²) in [5.41, 5.74) is 12.8. The fraction of sp³-hybridized carbons (Fsp3) is 0.212. The fourth-order valence-corrected chi connectivity index (χ4v) is 6.10. The van der Waals surface area contributed by atoms with Crippen molar-refractivity contribution < 1.29 is 19.1 Å². The van der Waals surface area contributed by atoms with Crippen molar-refractivity contribution in [1.82, 2.24) is 0 Å². The molecule has 0 saturated carbocycles. The number of esters is 2. The Labute approximate surface area is 228 Å². The van der Waals surface area contributed by atoms with Crippen molar-refractivity contribution in [2.45, 2.75) is 26.9 Å². The highest BCUT2D eigenvalue weighted by molar-refractivity contribution is 5.93. The van der Waals surface area contributed by atoms with Gasteiger partial charge in [0.2, 0.25) is 0 Å². The summed E-state index contributed by atoms with van der Waals surface area (Å²) in [5.74, 6) is -0.675. The van der Waals surface area contributed by atoms with E-state index in [0.717, 1.165) is 42.0 Å². The maximum atomic E-state index is 12.2. The monoisotopic (exact) mass is 518 g/mol. The molecule has 0 spiro atoms. The maximum Gasteiger partial charge on any atom is 0.337 e. The number of ether oxygens (including phenoxy) is 2. The van der Waals surface area contributed by atoms with Crippen LogP contribution >= 0.6 is 0 Å². The summed E-state index contributed by atoms with van der Waals surface area (Å²) in [5, 5.41) is 0. The van der Waals surface area contributed by atoms with Crippen LogP contribution in [0, 0.1) is 13.8 Å². The Morgan fingerprint density at radius 3 is 1.49 bits per heavy atom. The van der Waals surface area contributed by atoms with Gasteiger partial charge in [-0.2, -0.15) is 0 Å². The van der Waals surface area contributed by atoms with Gasteiger partial charge >= 0.3 is 11.9 Å². The topological polar surface area (TPSA) is 59.1 Å². The van der Waals surface area contributed by atoms with Gasteiger partial charge in [-0.3, -0.25) is 0 Å². The number of rotatable bonds is 4. The minimum Gasteiger partial charge on any atom is -0.465 e. The molecular weight excluding hydrogens is 488 g/mol. The van der Waals surface area contributed by atoms with Gasteiger partial charge in [-0.05, 0) is 71.5 Å². The molecule has 0 atom stereocenters. The van der Waals surface area contributed by atoms with E-state index in [1.54, 1.807) is 12.1 Å². The average Bonchev–Trinajstić information content (AvgIpc) is 2.96. The van der Waals surface area contributed by atoms with Crippen molar-refractivity contribution in [3.63, 3.8) is 0 Å². The van der Waals surface area contributed by atoms with Crippen LogP contribution in [0.15, 0.2) is 72.8 Å². The molecule has 196 valence electrons. The Bertz CT molecular complexity index is 1520. The Kier molecular flexibility index (Phi) is 6.10. The van der Waals surface area contributed by atoms with Crippen LogP contribution in [-0.2, 0) is 22.6 Å². The smallest absolute Gasteiger partial charge is 0.337 e. The molecule has 39 heavy (non-hydrogen) atoms. The number of carbonyl (C=O) groups is 2. The highest BCUT2D eigenvalue weighted by Crippen LogP contribution is 2.46. The number of hydrogen-bond donors (Lipinski definition) is 0. The van der Waals surface area contributed by atoms with Gasteiger partial charge in [-0.25, -0.2) is 9.59 Å². The first kappa shape index (κ1) is 24.7. The molecule has 0 unspecified atom stereocenters. The highest BCUT2D eigenvalue weighted by Gasteiger charge is 2.34. The van der Waals surface area contributed by atoms with Gasteiger partial charge in [0.25, 0.3) is 0 Å². The predicted octanol–water partition coefficient (Wildman–Crippen LogP) is 6.51. The predicted molar refractivity (Wildman–Crippen MR) is 153 cm³/mol. The van der Waals surface area contributed by atoms with Crippen molar-refractivity contribution in [1.29, 1.82) is 0 Å². The first-order chi connectivity index (χ1) is 18.9. The van der Waals surface area contributed by atoms with Crippen LogP contribution in [0.5, 0.6) is 0 Å². The van der Waals surface area contributed by atoms with Crippen LogP contribution in [0.25, 0.3) is 22.3 Å². The van der Waals surface area contributed by atoms with Gasteiger partial charge in [0.15, 0.2) is 0 Å². The molecule has 0 aromatic heterocycles. The van der Waals surface area contributed by atoms with Gasteiger partial charge in [0.05, 0.1) is 32.0 Å². The summed E-state index contributed by atoms with van der Waals surface area (Å²) < 4.78 is 9.93. The summed E-state index contributed by atoms with van der Waals surface area (Å²) in [7, 11) is 2.81. The van der Waals surface area contributed by atoms with Crippen LogP contribution in [0.2, 0.25) is 0 Å². The zero-order valence-corrected chi connectivity index (χ0v) is 22.6. The molecule has 2 aliphatic rings. The first-order valence-electron chi connectivity index (χ1n) is 13.0. The molecule has 0 radical (unpaired) electrons.